The van der Waals surface area contributed by atoms with Crippen LogP contribution in [0.4, 0.5) is 0 Å². The Bertz CT molecular complexity index is 9650. The predicted octanol–water partition coefficient (Wildman–Crippen LogP) is 41.5. The first kappa shape index (κ1) is 93.3. The molecule has 0 atom stereocenters. The van der Waals surface area contributed by atoms with Crippen molar-refractivity contribution in [2.45, 2.75) is 69.2 Å². The zero-order chi connectivity index (χ0) is 98.3. The third-order valence-electron chi connectivity index (χ3n) is 27.1. The van der Waals surface area contributed by atoms with E-state index in [2.05, 4.69) is 451 Å². The van der Waals surface area contributed by atoms with Gasteiger partial charge in [0.15, 0.2) is 0 Å². The van der Waals surface area contributed by atoms with Crippen LogP contribution in [-0.4, -0.2) is 0 Å². The lowest BCUT2D eigenvalue weighted by atomic mass is 9.99. The van der Waals surface area contributed by atoms with Crippen LogP contribution in [0.3, 0.4) is 0 Å². The van der Waals surface area contributed by atoms with Crippen LogP contribution in [0.2, 0.25) is 0 Å². The standard InChI is InChI=1S/4C15H12.4C13H10O.2C13H10S/c1-11-5-4-7-13-10-9-12-6-2-3-8-14(12)15(11)13;1-11-5-4-8-15-13(11)10-9-12-6-2-3-7-14(12)15;1-11-6-9-15-13(10-11)8-7-12-4-2-3-5-14(12)15;1-11-6-7-13-9-8-12-4-2-3-5-14(12)15(13)10-11;1-9-5-4-7-11-10-6-2-3-8-12(10)14-13(9)11;1-9-5-4-8-12-13(9)10-6-2-3-7-11(10)14-12;1-9-6-7-13-11(8-9)10-4-2-3-5-12(10)14-13;1-9-6-7-11-10-4-2-3-5-12(10)14-13(11)8-9;1-9-6-7-13-11(8-9)10-4-2-3-5-12(10)14-13;1-9-6-7-11-10-4-2-3-5-12(10)14-13(11)8-9/h4*2-10H,1H3;6*2-8H,1H3. The van der Waals surface area contributed by atoms with Crippen molar-refractivity contribution in [3.05, 3.63) is 529 Å². The van der Waals surface area contributed by atoms with Crippen LogP contribution < -0.4 is 0 Å². The van der Waals surface area contributed by atoms with E-state index in [-0.39, 0.29) is 0 Å². The van der Waals surface area contributed by atoms with Gasteiger partial charge in [0, 0.05) is 83.4 Å². The van der Waals surface area contributed by atoms with Crippen LogP contribution in [0.1, 0.15) is 55.6 Å². The van der Waals surface area contributed by atoms with Gasteiger partial charge in [-0.05, 0) is 268 Å². The largest absolute Gasteiger partial charge is 0.456 e. The third kappa shape index (κ3) is 19.9. The fourth-order valence-electron chi connectivity index (χ4n) is 19.9. The molecule has 0 aliphatic heterocycles. The first-order chi connectivity index (χ1) is 70.5. The van der Waals surface area contributed by atoms with Gasteiger partial charge in [-0.15, -0.1) is 22.7 Å². The summed E-state index contributed by atoms with van der Waals surface area (Å²) in [6.45, 7) is 21.3. The molecule has 6 heteroatoms. The molecule has 0 unspecified atom stereocenters. The van der Waals surface area contributed by atoms with Crippen LogP contribution >= 0.6 is 22.7 Å². The summed E-state index contributed by atoms with van der Waals surface area (Å²) in [5.74, 6) is 0. The molecule has 0 saturated carbocycles. The predicted molar refractivity (Wildman–Crippen MR) is 627 cm³/mol. The number of hydrogen-bond donors (Lipinski definition) is 0. The Hall–Kier alpha value is -17.0. The maximum absolute atomic E-state index is 5.78. The molecule has 0 fully saturated rings. The van der Waals surface area contributed by atoms with E-state index in [1.165, 1.54) is 225 Å². The summed E-state index contributed by atoms with van der Waals surface area (Å²) >= 11 is 3.75. The molecule has 24 aromatic carbocycles. The summed E-state index contributed by atoms with van der Waals surface area (Å²) < 4.78 is 28.5. The van der Waals surface area contributed by atoms with E-state index in [1.54, 1.807) is 0 Å². The Kier molecular flexibility index (Phi) is 27.1. The Morgan fingerprint density at radius 3 is 1.09 bits per heavy atom. The molecule has 144 heavy (non-hydrogen) atoms. The molecule has 0 aliphatic carbocycles. The van der Waals surface area contributed by atoms with Gasteiger partial charge in [-0.3, -0.25) is 0 Å². The Balaban J connectivity index is 0.0000000943. The number of aryl methyl sites for hydroxylation is 10. The third-order valence-corrected chi connectivity index (χ3v) is 29.4. The smallest absolute Gasteiger partial charge is 0.138 e. The van der Waals surface area contributed by atoms with Crippen molar-refractivity contribution in [1.82, 2.24) is 0 Å². The summed E-state index contributed by atoms with van der Waals surface area (Å²) in [7, 11) is 0. The number of thiophene rings is 2. The van der Waals surface area contributed by atoms with Crippen molar-refractivity contribution in [3.8, 4) is 0 Å². The van der Waals surface area contributed by atoms with E-state index in [4.69, 9.17) is 17.7 Å². The van der Waals surface area contributed by atoms with E-state index in [1.807, 2.05) is 114 Å². The average molecular weight is 1890 g/mol. The molecule has 6 aromatic heterocycles. The molecule has 0 amide bonds. The van der Waals surface area contributed by atoms with Crippen molar-refractivity contribution >= 4 is 237 Å². The summed E-state index contributed by atoms with van der Waals surface area (Å²) in [5.41, 5.74) is 20.8. The lowest BCUT2D eigenvalue weighted by Crippen LogP contribution is -1.80. The van der Waals surface area contributed by atoms with Crippen molar-refractivity contribution in [1.29, 1.82) is 0 Å². The minimum Gasteiger partial charge on any atom is -0.456 e. The Labute approximate surface area is 846 Å². The molecular weight excluding hydrogens is 1790 g/mol. The maximum Gasteiger partial charge on any atom is 0.138 e. The second-order valence-corrected chi connectivity index (χ2v) is 39.6. The molecule has 4 nitrogen and oxygen atoms in total. The fourth-order valence-corrected chi connectivity index (χ4v) is 22.2. The minimum atomic E-state index is 0.966. The van der Waals surface area contributed by atoms with Gasteiger partial charge in [-0.2, -0.15) is 0 Å². The first-order valence-corrected chi connectivity index (χ1v) is 50.9. The van der Waals surface area contributed by atoms with Gasteiger partial charge in [0.1, 0.15) is 44.7 Å². The zero-order valence-electron chi connectivity index (χ0n) is 82.5. The van der Waals surface area contributed by atoms with E-state index >= 15 is 0 Å². The SMILES string of the molecule is Cc1ccc2c(c1)oc1ccccc12.Cc1ccc2c(c1)sc1ccccc12.Cc1ccc2c(ccc3ccccc32)c1.Cc1ccc2ccc3ccccc3c2c1.Cc1ccc2oc3ccccc3c2c1.Cc1ccc2sc3ccccc3c2c1.Cc1cccc2c1ccc1ccccc12.Cc1cccc2c1oc1ccccc12.Cc1cccc2ccc3ccccc3c12.Cc1cccc2oc3ccccc3c12. The van der Waals surface area contributed by atoms with Crippen LogP contribution in [0.5, 0.6) is 0 Å². The van der Waals surface area contributed by atoms with Gasteiger partial charge in [0.2, 0.25) is 0 Å². The van der Waals surface area contributed by atoms with E-state index in [9.17, 15) is 0 Å². The van der Waals surface area contributed by atoms with Crippen LogP contribution in [0, 0.1) is 69.2 Å². The summed E-state index contributed by atoms with van der Waals surface area (Å²) in [6.07, 6.45) is 0. The number of para-hydroxylation sites is 5. The summed E-state index contributed by atoms with van der Waals surface area (Å²) in [6, 6.07) is 166. The van der Waals surface area contributed by atoms with Gasteiger partial charge in [-0.25, -0.2) is 0 Å². The molecule has 30 rings (SSSR count). The molecule has 0 radical (unpaired) electrons. The summed E-state index contributed by atoms with van der Waals surface area (Å²) in [4.78, 5) is 0. The van der Waals surface area contributed by atoms with Crippen LogP contribution in [-0.2, 0) is 0 Å². The number of furan rings is 4. The molecule has 6 heterocycles. The molecule has 0 spiro atoms. The number of hydrogen-bond acceptors (Lipinski definition) is 6. The normalized spacial score (nSPS) is 11.1. The topological polar surface area (TPSA) is 52.6 Å². The van der Waals surface area contributed by atoms with Crippen LogP contribution in [0.15, 0.2) is 491 Å². The van der Waals surface area contributed by atoms with Gasteiger partial charge in [0.05, 0.1) is 0 Å². The Morgan fingerprint density at radius 2 is 0.444 bits per heavy atom. The van der Waals surface area contributed by atoms with Gasteiger partial charge < -0.3 is 17.7 Å². The molecule has 0 saturated heterocycles. The number of rotatable bonds is 0. The van der Waals surface area contributed by atoms with Crippen LogP contribution in [0.25, 0.3) is 214 Å². The van der Waals surface area contributed by atoms with Gasteiger partial charge in [-0.1, -0.05) is 417 Å². The second kappa shape index (κ2) is 41.8. The highest BCUT2D eigenvalue weighted by molar-refractivity contribution is 7.26. The minimum absolute atomic E-state index is 0.966. The fraction of sp³-hybridized carbons (Fsp3) is 0.0725. The van der Waals surface area contributed by atoms with Crippen molar-refractivity contribution in [3.63, 3.8) is 0 Å². The van der Waals surface area contributed by atoms with E-state index < -0.39 is 0 Å². The van der Waals surface area contributed by atoms with E-state index in [0.29, 0.717) is 0 Å². The molecule has 30 aromatic rings. The summed E-state index contributed by atoms with van der Waals surface area (Å²) in [5, 5.41) is 36.6. The maximum atomic E-state index is 5.78. The lowest BCUT2D eigenvalue weighted by Gasteiger charge is -2.06. The number of benzene rings is 24. The Morgan fingerprint density at radius 1 is 0.132 bits per heavy atom. The van der Waals surface area contributed by atoms with E-state index in [0.717, 1.165) is 44.7 Å². The van der Waals surface area contributed by atoms with Gasteiger partial charge >= 0.3 is 0 Å². The van der Waals surface area contributed by atoms with Crippen molar-refractivity contribution < 1.29 is 17.7 Å². The van der Waals surface area contributed by atoms with Gasteiger partial charge in [0.25, 0.3) is 0 Å². The highest BCUT2D eigenvalue weighted by Crippen LogP contribution is 2.40. The molecular formula is C138H108O4S2. The highest BCUT2D eigenvalue weighted by Gasteiger charge is 2.14. The molecule has 696 valence electrons. The quantitative estimate of drug-likeness (QED) is 0.142. The average Bonchev–Trinajstić information content (AvgIpc) is 1.76. The lowest BCUT2D eigenvalue weighted by molar-refractivity contribution is 0.665. The van der Waals surface area contributed by atoms with Crippen molar-refractivity contribution in [2.24, 2.45) is 0 Å². The highest BCUT2D eigenvalue weighted by atomic mass is 32.1. The number of fused-ring (bicyclic) bond motifs is 30. The molecule has 0 aliphatic rings. The second-order valence-electron chi connectivity index (χ2n) is 37.4. The van der Waals surface area contributed by atoms with Crippen molar-refractivity contribution in [2.75, 3.05) is 0 Å². The monoisotopic (exact) mass is 1890 g/mol. The first-order valence-electron chi connectivity index (χ1n) is 49.3. The molecule has 0 N–H and O–H groups in total. The molecule has 0 bridgehead atoms. The zero-order valence-corrected chi connectivity index (χ0v) is 84.1.